The number of nitrogens with one attached hydrogen (secondary N) is 1. The first-order valence-electron chi connectivity index (χ1n) is 7.50. The van der Waals surface area contributed by atoms with Gasteiger partial charge in [0.15, 0.2) is 0 Å². The van der Waals surface area contributed by atoms with E-state index < -0.39 is 5.97 Å². The zero-order chi connectivity index (χ0) is 15.7. The highest BCUT2D eigenvalue weighted by molar-refractivity contribution is 5.74. The number of urea groups is 1. The molecule has 1 unspecified atom stereocenters. The summed E-state index contributed by atoms with van der Waals surface area (Å²) in [5.74, 6) is -0.00885. The summed E-state index contributed by atoms with van der Waals surface area (Å²) in [7, 11) is 0. The molecular weight excluding hydrogens is 256 g/mol. The van der Waals surface area contributed by atoms with Crippen LogP contribution in [-0.4, -0.2) is 41.1 Å². The smallest absolute Gasteiger partial charge is 0.317 e. The molecule has 1 atom stereocenters. The van der Waals surface area contributed by atoms with E-state index in [4.69, 9.17) is 5.11 Å². The van der Waals surface area contributed by atoms with Crippen LogP contribution in [0.2, 0.25) is 0 Å². The molecule has 0 aromatic rings. The first-order valence-corrected chi connectivity index (χ1v) is 7.50. The number of carboxylic acid groups (broad SMARTS) is 1. The highest BCUT2D eigenvalue weighted by Crippen LogP contribution is 2.10. The lowest BCUT2D eigenvalue weighted by Gasteiger charge is -2.28. The normalized spacial score (nSPS) is 12.6. The Labute approximate surface area is 122 Å². The summed E-state index contributed by atoms with van der Waals surface area (Å²) >= 11 is 0. The number of aliphatic carboxylic acids is 1. The molecule has 5 heteroatoms. The lowest BCUT2D eigenvalue weighted by molar-refractivity contribution is -0.137. The molecule has 0 aromatic carbocycles. The molecule has 0 heterocycles. The first kappa shape index (κ1) is 18.7. The third kappa shape index (κ3) is 8.77. The number of carbonyl (C=O) groups excluding carboxylic acids is 1. The van der Waals surface area contributed by atoms with Crippen LogP contribution in [0.5, 0.6) is 0 Å². The Balaban J connectivity index is 4.03. The average molecular weight is 286 g/mol. The van der Waals surface area contributed by atoms with Crippen molar-refractivity contribution in [2.75, 3.05) is 13.1 Å². The Kier molecular flexibility index (Phi) is 9.01. The van der Waals surface area contributed by atoms with Gasteiger partial charge in [0.05, 0.1) is 0 Å². The van der Waals surface area contributed by atoms with Crippen LogP contribution in [0.1, 0.15) is 53.9 Å². The molecular formula is C15H30N2O3. The Hall–Kier alpha value is -1.26. The largest absolute Gasteiger partial charge is 0.481 e. The first-order chi connectivity index (χ1) is 9.23. The van der Waals surface area contributed by atoms with Crippen molar-refractivity contribution in [3.8, 4) is 0 Å². The summed E-state index contributed by atoms with van der Waals surface area (Å²) in [4.78, 5) is 24.4. The van der Waals surface area contributed by atoms with Gasteiger partial charge in [-0.3, -0.25) is 4.79 Å². The van der Waals surface area contributed by atoms with Crippen LogP contribution in [0.4, 0.5) is 4.79 Å². The van der Waals surface area contributed by atoms with Gasteiger partial charge in [-0.2, -0.15) is 0 Å². The summed E-state index contributed by atoms with van der Waals surface area (Å²) in [6, 6.07) is 0.154. The van der Waals surface area contributed by atoms with E-state index in [2.05, 4.69) is 19.2 Å². The van der Waals surface area contributed by atoms with E-state index >= 15 is 0 Å². The molecule has 0 saturated carbocycles. The Bertz CT molecular complexity index is 303. The van der Waals surface area contributed by atoms with Crippen LogP contribution in [0.25, 0.3) is 0 Å². The molecule has 0 saturated heterocycles. The fourth-order valence-corrected chi connectivity index (χ4v) is 1.96. The van der Waals surface area contributed by atoms with Gasteiger partial charge in [-0.1, -0.05) is 20.8 Å². The zero-order valence-corrected chi connectivity index (χ0v) is 13.5. The molecule has 0 rings (SSSR count). The van der Waals surface area contributed by atoms with Gasteiger partial charge in [0.1, 0.15) is 0 Å². The van der Waals surface area contributed by atoms with Crippen LogP contribution in [0.3, 0.4) is 0 Å². The van der Waals surface area contributed by atoms with Crippen molar-refractivity contribution in [1.82, 2.24) is 10.2 Å². The molecule has 2 amide bonds. The minimum absolute atomic E-state index is 0.0286. The minimum Gasteiger partial charge on any atom is -0.481 e. The second-order valence-electron chi connectivity index (χ2n) is 6.20. The summed E-state index contributed by atoms with van der Waals surface area (Å²) in [6.45, 7) is 11.6. The van der Waals surface area contributed by atoms with Crippen molar-refractivity contribution in [2.45, 2.75) is 59.9 Å². The van der Waals surface area contributed by atoms with Gasteiger partial charge in [-0.25, -0.2) is 4.79 Å². The molecule has 0 radical (unpaired) electrons. The Morgan fingerprint density at radius 3 is 2.15 bits per heavy atom. The topological polar surface area (TPSA) is 69.6 Å². The van der Waals surface area contributed by atoms with E-state index in [1.807, 2.05) is 25.7 Å². The van der Waals surface area contributed by atoms with Crippen molar-refractivity contribution in [3.05, 3.63) is 0 Å². The highest BCUT2D eigenvalue weighted by Gasteiger charge is 2.17. The van der Waals surface area contributed by atoms with Gasteiger partial charge in [-0.05, 0) is 38.5 Å². The van der Waals surface area contributed by atoms with Crippen LogP contribution in [-0.2, 0) is 4.79 Å². The molecule has 0 aliphatic heterocycles. The maximum atomic E-state index is 12.1. The molecule has 0 bridgehead atoms. The quantitative estimate of drug-likeness (QED) is 0.684. The van der Waals surface area contributed by atoms with Gasteiger partial charge >= 0.3 is 12.0 Å². The van der Waals surface area contributed by atoms with E-state index in [0.29, 0.717) is 24.8 Å². The maximum Gasteiger partial charge on any atom is 0.317 e. The summed E-state index contributed by atoms with van der Waals surface area (Å²) in [5, 5.41) is 11.5. The number of carboxylic acids is 1. The predicted octanol–water partition coefficient (Wildman–Crippen LogP) is 2.95. The van der Waals surface area contributed by atoms with Crippen molar-refractivity contribution in [3.63, 3.8) is 0 Å². The summed E-state index contributed by atoms with van der Waals surface area (Å²) < 4.78 is 0. The van der Waals surface area contributed by atoms with Gasteiger partial charge < -0.3 is 15.3 Å². The number of carbonyl (C=O) groups is 2. The Morgan fingerprint density at radius 2 is 1.70 bits per heavy atom. The molecule has 0 fully saturated rings. The minimum atomic E-state index is -0.760. The SMILES string of the molecule is CC(C)CN(C(=O)NCCC(C)CCC(=O)O)C(C)C. The number of nitrogens with zero attached hydrogens (tertiary/aromatic N) is 1. The van der Waals surface area contributed by atoms with Crippen LogP contribution >= 0.6 is 0 Å². The lowest BCUT2D eigenvalue weighted by atomic mass is 10.0. The second-order valence-corrected chi connectivity index (χ2v) is 6.20. The van der Waals surface area contributed by atoms with Gasteiger partial charge in [0.25, 0.3) is 0 Å². The molecule has 0 aliphatic carbocycles. The molecule has 0 aromatic heterocycles. The van der Waals surface area contributed by atoms with Crippen LogP contribution < -0.4 is 5.32 Å². The van der Waals surface area contributed by atoms with E-state index in [0.717, 1.165) is 13.0 Å². The van der Waals surface area contributed by atoms with Gasteiger partial charge in [0.2, 0.25) is 0 Å². The van der Waals surface area contributed by atoms with E-state index in [-0.39, 0.29) is 18.5 Å². The molecule has 5 nitrogen and oxygen atoms in total. The fraction of sp³-hybridized carbons (Fsp3) is 0.867. The molecule has 2 N–H and O–H groups in total. The molecule has 0 spiro atoms. The maximum absolute atomic E-state index is 12.1. The number of hydrogen-bond acceptors (Lipinski definition) is 2. The standard InChI is InChI=1S/C15H30N2O3/c1-11(2)10-17(12(3)4)15(20)16-9-8-13(5)6-7-14(18)19/h11-13H,6-10H2,1-5H3,(H,16,20)(H,18,19). The highest BCUT2D eigenvalue weighted by atomic mass is 16.4. The van der Waals surface area contributed by atoms with Crippen molar-refractivity contribution in [1.29, 1.82) is 0 Å². The van der Waals surface area contributed by atoms with Crippen LogP contribution in [0, 0.1) is 11.8 Å². The number of amides is 2. The van der Waals surface area contributed by atoms with E-state index in [1.165, 1.54) is 0 Å². The third-order valence-corrected chi connectivity index (χ3v) is 3.21. The lowest BCUT2D eigenvalue weighted by Crippen LogP contribution is -2.46. The van der Waals surface area contributed by atoms with Crippen molar-refractivity contribution >= 4 is 12.0 Å². The number of rotatable bonds is 9. The summed E-state index contributed by atoms with van der Waals surface area (Å²) in [6.07, 6.45) is 1.66. The van der Waals surface area contributed by atoms with Crippen molar-refractivity contribution < 1.29 is 14.7 Å². The molecule has 118 valence electrons. The van der Waals surface area contributed by atoms with Gasteiger partial charge in [0, 0.05) is 25.6 Å². The molecule has 20 heavy (non-hydrogen) atoms. The third-order valence-electron chi connectivity index (χ3n) is 3.21. The van der Waals surface area contributed by atoms with E-state index in [1.54, 1.807) is 0 Å². The molecule has 0 aliphatic rings. The van der Waals surface area contributed by atoms with Gasteiger partial charge in [-0.15, -0.1) is 0 Å². The fourth-order valence-electron chi connectivity index (χ4n) is 1.96. The number of hydrogen-bond donors (Lipinski definition) is 2. The monoisotopic (exact) mass is 286 g/mol. The Morgan fingerprint density at radius 1 is 1.10 bits per heavy atom. The van der Waals surface area contributed by atoms with Crippen LogP contribution in [0.15, 0.2) is 0 Å². The average Bonchev–Trinajstić information content (AvgIpc) is 2.32. The predicted molar refractivity (Wildman–Crippen MR) is 80.7 cm³/mol. The second kappa shape index (κ2) is 9.61. The zero-order valence-electron chi connectivity index (χ0n) is 13.5. The summed E-state index contributed by atoms with van der Waals surface area (Å²) in [5.41, 5.74) is 0. The van der Waals surface area contributed by atoms with E-state index in [9.17, 15) is 9.59 Å². The van der Waals surface area contributed by atoms with Crippen molar-refractivity contribution in [2.24, 2.45) is 11.8 Å².